The third-order valence-corrected chi connectivity index (χ3v) is 2.53. The summed E-state index contributed by atoms with van der Waals surface area (Å²) < 4.78 is 5.23. The van der Waals surface area contributed by atoms with Gasteiger partial charge in [0.2, 0.25) is 0 Å². The van der Waals surface area contributed by atoms with Gasteiger partial charge in [-0.2, -0.15) is 0 Å². The highest BCUT2D eigenvalue weighted by Crippen LogP contribution is 2.17. The van der Waals surface area contributed by atoms with Gasteiger partial charge in [-0.05, 0) is 12.6 Å². The van der Waals surface area contributed by atoms with E-state index in [1.807, 2.05) is 0 Å². The van der Waals surface area contributed by atoms with Crippen molar-refractivity contribution in [2.75, 3.05) is 27.3 Å². The molecule has 0 atom stereocenters. The summed E-state index contributed by atoms with van der Waals surface area (Å²) in [5.41, 5.74) is 1.57. The number of benzene rings is 1. The lowest BCUT2D eigenvalue weighted by Crippen LogP contribution is -2.34. The van der Waals surface area contributed by atoms with E-state index in [4.69, 9.17) is 4.74 Å². The van der Waals surface area contributed by atoms with Crippen molar-refractivity contribution >= 4 is 0 Å². The van der Waals surface area contributed by atoms with Gasteiger partial charge >= 0.3 is 0 Å². The fourth-order valence-electron chi connectivity index (χ4n) is 2.12. The summed E-state index contributed by atoms with van der Waals surface area (Å²) >= 11 is 0. The number of hydrogen-bond acceptors (Lipinski definition) is 2. The van der Waals surface area contributed by atoms with Crippen molar-refractivity contribution in [2.24, 2.45) is 5.41 Å². The van der Waals surface area contributed by atoms with Gasteiger partial charge in [0.1, 0.15) is 0 Å². The lowest BCUT2D eigenvalue weighted by Gasteiger charge is -2.29. The summed E-state index contributed by atoms with van der Waals surface area (Å²) in [6.07, 6.45) is 1.25. The van der Waals surface area contributed by atoms with Crippen LogP contribution >= 0.6 is 0 Å². The van der Waals surface area contributed by atoms with Gasteiger partial charge in [0.15, 0.2) is 0 Å². The zero-order valence-corrected chi connectivity index (χ0v) is 13.6. The van der Waals surface area contributed by atoms with Crippen molar-refractivity contribution in [1.29, 1.82) is 0 Å². The Kier molecular flexibility index (Phi) is 9.54. The third kappa shape index (κ3) is 9.69. The monoisotopic (exact) mass is 265 g/mol. The average Bonchev–Trinajstić information content (AvgIpc) is 2.30. The van der Waals surface area contributed by atoms with Crippen molar-refractivity contribution in [2.45, 2.75) is 40.7 Å². The molecule has 0 fully saturated rings. The van der Waals surface area contributed by atoms with Gasteiger partial charge in [0, 0.05) is 25.6 Å². The Hall–Kier alpha value is -0.860. The summed E-state index contributed by atoms with van der Waals surface area (Å²) in [6.45, 7) is 11.5. The number of hydrogen-bond donors (Lipinski definition) is 0. The van der Waals surface area contributed by atoms with Crippen LogP contribution in [0.15, 0.2) is 30.3 Å². The Morgan fingerprint density at radius 2 is 1.63 bits per heavy atom. The summed E-state index contributed by atoms with van der Waals surface area (Å²) in [4.78, 5) is 2.34. The molecule has 0 radical (unpaired) electrons. The van der Waals surface area contributed by atoms with E-state index < -0.39 is 0 Å². The van der Waals surface area contributed by atoms with Gasteiger partial charge in [-0.3, -0.25) is 0 Å². The van der Waals surface area contributed by atoms with Crippen molar-refractivity contribution in [1.82, 2.24) is 4.90 Å². The molecule has 0 amide bonds. The molecule has 0 aliphatic carbocycles. The van der Waals surface area contributed by atoms with E-state index in [0.29, 0.717) is 0 Å². The first-order chi connectivity index (χ1) is 8.95. The van der Waals surface area contributed by atoms with Gasteiger partial charge in [0.25, 0.3) is 0 Å². The molecule has 1 aromatic rings. The van der Waals surface area contributed by atoms with E-state index in [0.717, 1.165) is 19.7 Å². The van der Waals surface area contributed by atoms with Crippen LogP contribution in [-0.2, 0) is 11.3 Å². The maximum atomic E-state index is 5.23. The molecule has 0 saturated heterocycles. The lowest BCUT2D eigenvalue weighted by atomic mass is 9.94. The number of ether oxygens (including phenoxy) is 1. The topological polar surface area (TPSA) is 12.5 Å². The van der Waals surface area contributed by atoms with Crippen molar-refractivity contribution in [3.63, 3.8) is 0 Å². The van der Waals surface area contributed by atoms with Gasteiger partial charge in [-0.1, -0.05) is 64.4 Å². The van der Waals surface area contributed by atoms with Gasteiger partial charge < -0.3 is 9.64 Å². The van der Waals surface area contributed by atoms with Gasteiger partial charge in [-0.15, -0.1) is 0 Å². The largest absolute Gasteiger partial charge is 0.384 e. The molecule has 2 nitrogen and oxygen atoms in total. The van der Waals surface area contributed by atoms with E-state index >= 15 is 0 Å². The molecular formula is C17H31NO. The minimum Gasteiger partial charge on any atom is -0.384 e. The average molecular weight is 265 g/mol. The molecule has 0 aliphatic heterocycles. The molecule has 0 N–H and O–H groups in total. The zero-order chi connectivity index (χ0) is 14.7. The fraction of sp³-hybridized carbons (Fsp3) is 0.647. The Morgan fingerprint density at radius 1 is 1.11 bits per heavy atom. The van der Waals surface area contributed by atoms with E-state index in [9.17, 15) is 0 Å². The lowest BCUT2D eigenvalue weighted by molar-refractivity contribution is 0.0755. The smallest absolute Gasteiger partial charge is 0.0525 e. The van der Waals surface area contributed by atoms with Crippen molar-refractivity contribution < 1.29 is 4.74 Å². The second-order valence-electron chi connectivity index (χ2n) is 5.96. The molecule has 0 aliphatic rings. The van der Waals surface area contributed by atoms with Crippen LogP contribution in [0.25, 0.3) is 0 Å². The van der Waals surface area contributed by atoms with E-state index in [1.165, 1.54) is 12.0 Å². The molecule has 1 rings (SSSR count). The number of nitrogens with zero attached hydrogens (tertiary/aromatic N) is 1. The Balaban J connectivity index is 0.000000982. The van der Waals surface area contributed by atoms with Crippen LogP contribution in [0.5, 0.6) is 0 Å². The maximum Gasteiger partial charge on any atom is 0.0525 e. The van der Waals surface area contributed by atoms with Crippen molar-refractivity contribution in [3.05, 3.63) is 35.9 Å². The second-order valence-corrected chi connectivity index (χ2v) is 5.96. The molecule has 0 spiro atoms. The number of rotatable bonds is 6. The van der Waals surface area contributed by atoms with Crippen LogP contribution < -0.4 is 0 Å². The zero-order valence-electron chi connectivity index (χ0n) is 13.6. The molecule has 1 aromatic carbocycles. The van der Waals surface area contributed by atoms with Crippen LogP contribution in [0.4, 0.5) is 0 Å². The predicted molar refractivity (Wildman–Crippen MR) is 84.4 cm³/mol. The maximum absolute atomic E-state index is 5.23. The molecule has 19 heavy (non-hydrogen) atoms. The van der Waals surface area contributed by atoms with Gasteiger partial charge in [0.05, 0.1) is 6.61 Å². The standard InChI is InChI=1S/C14H23NO.C3H8/c1-14(2,12-16-4)11-15(3)10-13-8-6-5-7-9-13;1-3-2/h5-9H,10-12H2,1-4H3;3H2,1-2H3. The third-order valence-electron chi connectivity index (χ3n) is 2.53. The number of methoxy groups -OCH3 is 1. The Morgan fingerprint density at radius 3 is 2.11 bits per heavy atom. The predicted octanol–water partition coefficient (Wildman–Crippen LogP) is 4.21. The molecule has 2 heteroatoms. The van der Waals surface area contributed by atoms with Crippen LogP contribution in [0.3, 0.4) is 0 Å². The Bertz CT molecular complexity index is 308. The highest BCUT2D eigenvalue weighted by molar-refractivity contribution is 5.14. The second kappa shape index (κ2) is 9.99. The first-order valence-electron chi connectivity index (χ1n) is 7.16. The van der Waals surface area contributed by atoms with Crippen LogP contribution in [-0.4, -0.2) is 32.2 Å². The fourth-order valence-corrected chi connectivity index (χ4v) is 2.12. The summed E-state index contributed by atoms with van der Waals surface area (Å²) in [5, 5.41) is 0. The first kappa shape index (κ1) is 18.1. The van der Waals surface area contributed by atoms with Gasteiger partial charge in [-0.25, -0.2) is 0 Å². The quantitative estimate of drug-likeness (QED) is 0.764. The summed E-state index contributed by atoms with van der Waals surface area (Å²) in [5.74, 6) is 0. The molecule has 0 heterocycles. The first-order valence-corrected chi connectivity index (χ1v) is 7.16. The molecule has 0 unspecified atom stereocenters. The summed E-state index contributed by atoms with van der Waals surface area (Å²) in [7, 11) is 3.92. The SMILES string of the molecule is CCC.COCC(C)(C)CN(C)Cc1ccccc1. The Labute approximate surface area is 119 Å². The normalized spacial score (nSPS) is 11.1. The highest BCUT2D eigenvalue weighted by Gasteiger charge is 2.19. The van der Waals surface area contributed by atoms with Crippen molar-refractivity contribution in [3.8, 4) is 0 Å². The van der Waals surface area contributed by atoms with E-state index in [-0.39, 0.29) is 5.41 Å². The highest BCUT2D eigenvalue weighted by atomic mass is 16.5. The minimum absolute atomic E-state index is 0.207. The minimum atomic E-state index is 0.207. The van der Waals surface area contributed by atoms with Crippen LogP contribution in [0.1, 0.15) is 39.7 Å². The van der Waals surface area contributed by atoms with E-state index in [2.05, 4.69) is 70.0 Å². The van der Waals surface area contributed by atoms with Crippen LogP contribution in [0, 0.1) is 5.41 Å². The molecule has 0 saturated carbocycles. The molecular weight excluding hydrogens is 234 g/mol. The van der Waals surface area contributed by atoms with E-state index in [1.54, 1.807) is 7.11 Å². The summed E-state index contributed by atoms with van der Waals surface area (Å²) in [6, 6.07) is 10.6. The molecule has 0 bridgehead atoms. The molecule has 0 aromatic heterocycles. The molecule has 110 valence electrons. The van der Waals surface area contributed by atoms with Crippen LogP contribution in [0.2, 0.25) is 0 Å².